The number of nitrogens with one attached hydrogen (secondary N) is 2. The molecule has 1 amide bonds. The van der Waals surface area contributed by atoms with E-state index in [-0.39, 0.29) is 18.9 Å². The molecule has 0 fully saturated rings. The standard InChI is InChI=1S/C18H17N3O4/c1-25-13-8-6-12(7-9-13)19-16(22)10-11-21-17(23)14-4-2-3-5-15(14)20-18(21)24/h2-9H,10-11H2,1H3,(H,19,22)(H,20,24). The number of aromatic amines is 1. The number of para-hydroxylation sites is 1. The second-order valence-electron chi connectivity index (χ2n) is 5.46. The molecule has 0 aliphatic rings. The van der Waals surface area contributed by atoms with Crippen molar-refractivity contribution in [3.05, 3.63) is 69.4 Å². The number of benzene rings is 2. The number of hydrogen-bond donors (Lipinski definition) is 2. The first-order chi connectivity index (χ1) is 12.1. The number of aromatic nitrogens is 2. The maximum Gasteiger partial charge on any atom is 0.328 e. The zero-order valence-electron chi connectivity index (χ0n) is 13.6. The second kappa shape index (κ2) is 7.04. The molecule has 0 bridgehead atoms. The number of hydrogen-bond acceptors (Lipinski definition) is 4. The van der Waals surface area contributed by atoms with E-state index in [9.17, 15) is 14.4 Å². The van der Waals surface area contributed by atoms with Gasteiger partial charge >= 0.3 is 5.69 Å². The summed E-state index contributed by atoms with van der Waals surface area (Å²) in [6, 6.07) is 13.7. The van der Waals surface area contributed by atoms with Crippen LogP contribution in [0.4, 0.5) is 5.69 Å². The van der Waals surface area contributed by atoms with Crippen molar-refractivity contribution in [1.29, 1.82) is 0 Å². The van der Waals surface area contributed by atoms with Crippen molar-refractivity contribution in [2.45, 2.75) is 13.0 Å². The van der Waals surface area contributed by atoms with E-state index < -0.39 is 11.2 Å². The lowest BCUT2D eigenvalue weighted by atomic mass is 10.2. The van der Waals surface area contributed by atoms with Crippen LogP contribution in [-0.2, 0) is 11.3 Å². The Balaban J connectivity index is 1.72. The summed E-state index contributed by atoms with van der Waals surface area (Å²) in [4.78, 5) is 39.1. The van der Waals surface area contributed by atoms with E-state index in [0.717, 1.165) is 4.57 Å². The highest BCUT2D eigenvalue weighted by atomic mass is 16.5. The number of H-pyrrole nitrogens is 1. The number of carbonyl (C=O) groups is 1. The molecule has 2 aromatic carbocycles. The van der Waals surface area contributed by atoms with Gasteiger partial charge in [-0.15, -0.1) is 0 Å². The summed E-state index contributed by atoms with van der Waals surface area (Å²) in [5, 5.41) is 3.13. The van der Waals surface area contributed by atoms with Crippen LogP contribution in [0.5, 0.6) is 5.75 Å². The molecule has 3 aromatic rings. The minimum atomic E-state index is -0.527. The van der Waals surface area contributed by atoms with E-state index in [1.807, 2.05) is 0 Å². The van der Waals surface area contributed by atoms with Crippen LogP contribution in [0.3, 0.4) is 0 Å². The SMILES string of the molecule is COc1ccc(NC(=O)CCn2c(=O)[nH]c3ccccc3c2=O)cc1. The van der Waals surface area contributed by atoms with Crippen molar-refractivity contribution in [3.8, 4) is 5.75 Å². The predicted octanol–water partition coefficient (Wildman–Crippen LogP) is 1.73. The Morgan fingerprint density at radius 2 is 1.84 bits per heavy atom. The lowest BCUT2D eigenvalue weighted by Gasteiger charge is -2.08. The molecule has 25 heavy (non-hydrogen) atoms. The van der Waals surface area contributed by atoms with Crippen molar-refractivity contribution in [1.82, 2.24) is 9.55 Å². The van der Waals surface area contributed by atoms with Gasteiger partial charge in [0, 0.05) is 18.7 Å². The fourth-order valence-corrected chi connectivity index (χ4v) is 2.51. The van der Waals surface area contributed by atoms with Gasteiger partial charge in [-0.1, -0.05) is 12.1 Å². The summed E-state index contributed by atoms with van der Waals surface area (Å²) < 4.78 is 6.09. The van der Waals surface area contributed by atoms with Crippen LogP contribution in [-0.4, -0.2) is 22.6 Å². The van der Waals surface area contributed by atoms with Gasteiger partial charge in [-0.3, -0.25) is 14.2 Å². The normalized spacial score (nSPS) is 10.6. The molecule has 0 radical (unpaired) electrons. The van der Waals surface area contributed by atoms with Gasteiger partial charge < -0.3 is 15.0 Å². The topological polar surface area (TPSA) is 93.2 Å². The molecular formula is C18H17N3O4. The largest absolute Gasteiger partial charge is 0.497 e. The van der Waals surface area contributed by atoms with Crippen molar-refractivity contribution in [2.24, 2.45) is 0 Å². The van der Waals surface area contributed by atoms with Crippen LogP contribution in [0, 0.1) is 0 Å². The van der Waals surface area contributed by atoms with Crippen molar-refractivity contribution in [3.63, 3.8) is 0 Å². The van der Waals surface area contributed by atoms with Crippen LogP contribution >= 0.6 is 0 Å². The number of methoxy groups -OCH3 is 1. The van der Waals surface area contributed by atoms with E-state index in [0.29, 0.717) is 22.3 Å². The van der Waals surface area contributed by atoms with Crippen LogP contribution < -0.4 is 21.3 Å². The summed E-state index contributed by atoms with van der Waals surface area (Å²) in [7, 11) is 1.56. The van der Waals surface area contributed by atoms with Crippen LogP contribution in [0.2, 0.25) is 0 Å². The fourth-order valence-electron chi connectivity index (χ4n) is 2.51. The molecule has 0 unspecified atom stereocenters. The number of amides is 1. The number of ether oxygens (including phenoxy) is 1. The van der Waals surface area contributed by atoms with Gasteiger partial charge in [0.2, 0.25) is 5.91 Å². The van der Waals surface area contributed by atoms with Crippen LogP contribution in [0.15, 0.2) is 58.1 Å². The first-order valence-corrected chi connectivity index (χ1v) is 7.74. The van der Waals surface area contributed by atoms with Gasteiger partial charge in [-0.2, -0.15) is 0 Å². The maximum absolute atomic E-state index is 12.4. The second-order valence-corrected chi connectivity index (χ2v) is 5.46. The van der Waals surface area contributed by atoms with Gasteiger partial charge in [0.25, 0.3) is 5.56 Å². The lowest BCUT2D eigenvalue weighted by molar-refractivity contribution is -0.116. The molecule has 1 aromatic heterocycles. The highest BCUT2D eigenvalue weighted by molar-refractivity contribution is 5.90. The van der Waals surface area contributed by atoms with E-state index in [2.05, 4.69) is 10.3 Å². The first kappa shape index (κ1) is 16.5. The Labute approximate surface area is 142 Å². The third kappa shape index (κ3) is 3.60. The number of rotatable bonds is 5. The van der Waals surface area contributed by atoms with Crippen LogP contribution in [0.25, 0.3) is 10.9 Å². The molecule has 7 heteroatoms. The van der Waals surface area contributed by atoms with Gasteiger partial charge in [-0.05, 0) is 36.4 Å². The maximum atomic E-state index is 12.4. The smallest absolute Gasteiger partial charge is 0.328 e. The number of anilines is 1. The molecular weight excluding hydrogens is 322 g/mol. The summed E-state index contributed by atoms with van der Waals surface area (Å²) in [6.07, 6.45) is 0.00730. The Bertz CT molecular complexity index is 1020. The monoisotopic (exact) mass is 339 g/mol. The molecule has 0 aliphatic carbocycles. The number of nitrogens with zero attached hydrogens (tertiary/aromatic N) is 1. The van der Waals surface area contributed by atoms with E-state index in [4.69, 9.17) is 4.74 Å². The molecule has 1 heterocycles. The molecule has 0 spiro atoms. The van der Waals surface area contributed by atoms with E-state index in [1.54, 1.807) is 55.6 Å². The zero-order valence-corrected chi connectivity index (χ0v) is 13.6. The molecule has 128 valence electrons. The highest BCUT2D eigenvalue weighted by Gasteiger charge is 2.09. The molecule has 0 atom stereocenters. The van der Waals surface area contributed by atoms with Crippen LogP contribution in [0.1, 0.15) is 6.42 Å². The molecule has 0 saturated heterocycles. The molecule has 2 N–H and O–H groups in total. The first-order valence-electron chi connectivity index (χ1n) is 7.74. The minimum Gasteiger partial charge on any atom is -0.497 e. The Kier molecular flexibility index (Phi) is 4.65. The van der Waals surface area contributed by atoms with Gasteiger partial charge in [-0.25, -0.2) is 4.79 Å². The molecule has 3 rings (SSSR count). The minimum absolute atomic E-state index is 0.000981. The quantitative estimate of drug-likeness (QED) is 0.740. The third-order valence-corrected chi connectivity index (χ3v) is 3.83. The predicted molar refractivity (Wildman–Crippen MR) is 95.1 cm³/mol. The highest BCUT2D eigenvalue weighted by Crippen LogP contribution is 2.15. The van der Waals surface area contributed by atoms with E-state index in [1.165, 1.54) is 0 Å². The van der Waals surface area contributed by atoms with Gasteiger partial charge in [0.15, 0.2) is 0 Å². The Hall–Kier alpha value is -3.35. The van der Waals surface area contributed by atoms with Crippen molar-refractivity contribution < 1.29 is 9.53 Å². The summed E-state index contributed by atoms with van der Waals surface area (Å²) in [6.45, 7) is 0.000981. The number of carbonyl (C=O) groups excluding carboxylic acids is 1. The molecule has 0 aliphatic heterocycles. The fraction of sp³-hybridized carbons (Fsp3) is 0.167. The van der Waals surface area contributed by atoms with E-state index >= 15 is 0 Å². The number of fused-ring (bicyclic) bond motifs is 1. The lowest BCUT2D eigenvalue weighted by Crippen LogP contribution is -2.36. The summed E-state index contributed by atoms with van der Waals surface area (Å²) in [5.74, 6) is 0.400. The molecule has 7 nitrogen and oxygen atoms in total. The zero-order chi connectivity index (χ0) is 17.8. The average molecular weight is 339 g/mol. The van der Waals surface area contributed by atoms with Gasteiger partial charge in [0.1, 0.15) is 5.75 Å². The van der Waals surface area contributed by atoms with Crippen molar-refractivity contribution in [2.75, 3.05) is 12.4 Å². The summed E-state index contributed by atoms with van der Waals surface area (Å²) >= 11 is 0. The Morgan fingerprint density at radius 3 is 2.56 bits per heavy atom. The summed E-state index contributed by atoms with van der Waals surface area (Å²) in [5.41, 5.74) is 0.166. The van der Waals surface area contributed by atoms with Crippen molar-refractivity contribution >= 4 is 22.5 Å². The molecule has 0 saturated carbocycles. The third-order valence-electron chi connectivity index (χ3n) is 3.83. The Morgan fingerprint density at radius 1 is 1.12 bits per heavy atom. The average Bonchev–Trinajstić information content (AvgIpc) is 2.62. The van der Waals surface area contributed by atoms with Gasteiger partial charge in [0.05, 0.1) is 18.0 Å².